The van der Waals surface area contributed by atoms with Crippen LogP contribution in [0.1, 0.15) is 348 Å². The van der Waals surface area contributed by atoms with E-state index in [1.807, 2.05) is 21.1 Å². The highest BCUT2D eigenvalue weighted by atomic mass is 31.2. The zero-order valence-corrected chi connectivity index (χ0v) is 52.6. The van der Waals surface area contributed by atoms with E-state index in [9.17, 15) is 19.4 Å². The molecule has 0 aromatic rings. The molecule has 0 aromatic carbocycles. The molecule has 0 fully saturated rings. The summed E-state index contributed by atoms with van der Waals surface area (Å²) in [5, 5.41) is 14.1. The standard InChI is InChI=1S/C67H133N2O6P/c1-6-8-10-12-14-16-18-20-22-24-26-28-29-30-31-32-33-34-35-36-37-38-39-41-43-45-47-49-51-53-55-57-59-61-67(71)68-65(64-75-76(72,73)74-63-62-69(3,4)5)66(70)60-58-56-54-52-50-48-46-44-42-40-27-25-23-21-19-17-15-13-11-9-7-2/h26,28,30-31,65-66,70H,6-25,27,29,32-64H2,1-5H3,(H-,68,71,72,73)/b28-26-,31-30-. The van der Waals surface area contributed by atoms with Gasteiger partial charge in [0, 0.05) is 6.42 Å². The zero-order chi connectivity index (χ0) is 55.6. The van der Waals surface area contributed by atoms with Crippen molar-refractivity contribution in [2.75, 3.05) is 40.9 Å². The predicted molar refractivity (Wildman–Crippen MR) is 330 cm³/mol. The molecule has 1 amide bonds. The normalized spacial score (nSPS) is 13.8. The van der Waals surface area contributed by atoms with E-state index in [0.717, 1.165) is 44.9 Å². The topological polar surface area (TPSA) is 108 Å². The summed E-state index contributed by atoms with van der Waals surface area (Å²) in [6, 6.07) is -0.799. The number of nitrogens with zero attached hydrogens (tertiary/aromatic N) is 1. The predicted octanol–water partition coefficient (Wildman–Crippen LogP) is 20.5. The number of hydrogen-bond donors (Lipinski definition) is 2. The number of rotatable bonds is 63. The molecule has 3 atom stereocenters. The molecule has 9 heteroatoms. The van der Waals surface area contributed by atoms with E-state index in [1.165, 1.54) is 276 Å². The Hall–Kier alpha value is -1.02. The number of nitrogens with one attached hydrogen (secondary N) is 1. The van der Waals surface area contributed by atoms with Crippen LogP contribution in [-0.2, 0) is 18.4 Å². The molecule has 0 spiro atoms. The third-order valence-electron chi connectivity index (χ3n) is 15.7. The maximum Gasteiger partial charge on any atom is 0.268 e. The molecular weight excluding hydrogens is 960 g/mol. The summed E-state index contributed by atoms with van der Waals surface area (Å²) in [7, 11) is 1.32. The number of phosphoric ester groups is 1. The van der Waals surface area contributed by atoms with Crippen LogP contribution in [0.25, 0.3) is 0 Å². The molecule has 3 unspecified atom stereocenters. The molecular formula is C67H133N2O6P. The SMILES string of the molecule is CCCCCCCCCCC/C=C\C/C=C\CCCCCCCCCCCCCCCCCCCC(=O)NC(COP(=O)([O-])OCC[N+](C)(C)C)C(O)CCCCCCCCCCCCCCCCCCCCCCC. The van der Waals surface area contributed by atoms with Gasteiger partial charge in [0.1, 0.15) is 13.2 Å². The van der Waals surface area contributed by atoms with Gasteiger partial charge in [-0.05, 0) is 44.9 Å². The Morgan fingerprint density at radius 3 is 1.09 bits per heavy atom. The van der Waals surface area contributed by atoms with Crippen LogP contribution in [0.4, 0.5) is 0 Å². The maximum atomic E-state index is 13.0. The fourth-order valence-electron chi connectivity index (χ4n) is 10.4. The van der Waals surface area contributed by atoms with Gasteiger partial charge >= 0.3 is 0 Å². The molecule has 0 saturated carbocycles. The number of quaternary nitrogens is 1. The number of aliphatic hydroxyl groups excluding tert-OH is 1. The van der Waals surface area contributed by atoms with E-state index in [1.54, 1.807) is 0 Å². The summed E-state index contributed by atoms with van der Waals surface area (Å²) in [6.45, 7) is 4.78. The van der Waals surface area contributed by atoms with Crippen molar-refractivity contribution in [1.29, 1.82) is 0 Å². The zero-order valence-electron chi connectivity index (χ0n) is 51.7. The quantitative estimate of drug-likeness (QED) is 0.0272. The van der Waals surface area contributed by atoms with Crippen LogP contribution < -0.4 is 10.2 Å². The van der Waals surface area contributed by atoms with Crippen LogP contribution in [0.5, 0.6) is 0 Å². The first-order valence-corrected chi connectivity index (χ1v) is 35.1. The number of phosphoric acid groups is 1. The van der Waals surface area contributed by atoms with Crippen LogP contribution in [0.15, 0.2) is 24.3 Å². The van der Waals surface area contributed by atoms with E-state index in [2.05, 4.69) is 43.5 Å². The van der Waals surface area contributed by atoms with Crippen molar-refractivity contribution in [3.8, 4) is 0 Å². The summed E-state index contributed by atoms with van der Waals surface area (Å²) in [5.41, 5.74) is 0. The number of aliphatic hydroxyl groups is 1. The molecule has 76 heavy (non-hydrogen) atoms. The van der Waals surface area contributed by atoms with Gasteiger partial charge in [-0.1, -0.05) is 321 Å². The molecule has 0 heterocycles. The maximum absolute atomic E-state index is 13.0. The molecule has 452 valence electrons. The molecule has 2 N–H and O–H groups in total. The van der Waals surface area contributed by atoms with Crippen LogP contribution in [-0.4, -0.2) is 68.5 Å². The Morgan fingerprint density at radius 1 is 0.461 bits per heavy atom. The van der Waals surface area contributed by atoms with Gasteiger partial charge in [0.2, 0.25) is 5.91 Å². The first-order chi connectivity index (χ1) is 37.0. The van der Waals surface area contributed by atoms with Gasteiger partial charge in [0.05, 0.1) is 39.9 Å². The molecule has 0 aliphatic heterocycles. The number of carbonyl (C=O) groups is 1. The van der Waals surface area contributed by atoms with Crippen molar-refractivity contribution in [2.45, 2.75) is 360 Å². The molecule has 0 radical (unpaired) electrons. The summed E-state index contributed by atoms with van der Waals surface area (Å²) in [6.07, 6.45) is 75.3. The summed E-state index contributed by atoms with van der Waals surface area (Å²) < 4.78 is 23.5. The molecule has 0 aromatic heterocycles. The van der Waals surface area contributed by atoms with Gasteiger partial charge in [-0.15, -0.1) is 0 Å². The number of unbranched alkanes of at least 4 members (excludes halogenated alkanes) is 46. The fourth-order valence-corrected chi connectivity index (χ4v) is 11.2. The van der Waals surface area contributed by atoms with Crippen LogP contribution >= 0.6 is 7.82 Å². The molecule has 0 aliphatic carbocycles. The van der Waals surface area contributed by atoms with Crippen molar-refractivity contribution in [3.63, 3.8) is 0 Å². The number of allylic oxidation sites excluding steroid dienone is 4. The lowest BCUT2D eigenvalue weighted by atomic mass is 10.0. The first kappa shape index (κ1) is 75.0. The molecule has 8 nitrogen and oxygen atoms in total. The smallest absolute Gasteiger partial charge is 0.268 e. The monoisotopic (exact) mass is 1090 g/mol. The van der Waals surface area contributed by atoms with Gasteiger partial charge in [-0.25, -0.2) is 0 Å². The van der Waals surface area contributed by atoms with Gasteiger partial charge < -0.3 is 28.8 Å². The Kier molecular flexibility index (Phi) is 57.8. The minimum atomic E-state index is -4.58. The second-order valence-electron chi connectivity index (χ2n) is 24.5. The number of likely N-dealkylation sites (N-methyl/N-ethyl adjacent to an activating group) is 1. The highest BCUT2D eigenvalue weighted by Crippen LogP contribution is 2.38. The minimum absolute atomic E-state index is 0.0146. The highest BCUT2D eigenvalue weighted by molar-refractivity contribution is 7.45. The van der Waals surface area contributed by atoms with Crippen LogP contribution in [0, 0.1) is 0 Å². The third kappa shape index (κ3) is 60.6. The first-order valence-electron chi connectivity index (χ1n) is 33.7. The number of hydrogen-bond acceptors (Lipinski definition) is 6. The van der Waals surface area contributed by atoms with Crippen molar-refractivity contribution in [3.05, 3.63) is 24.3 Å². The van der Waals surface area contributed by atoms with Gasteiger partial charge in [0.25, 0.3) is 7.82 Å². The highest BCUT2D eigenvalue weighted by Gasteiger charge is 2.24. The van der Waals surface area contributed by atoms with E-state index < -0.39 is 20.0 Å². The molecule has 0 saturated heterocycles. The minimum Gasteiger partial charge on any atom is -0.756 e. The lowest BCUT2D eigenvalue weighted by molar-refractivity contribution is -0.870. The Morgan fingerprint density at radius 2 is 0.763 bits per heavy atom. The number of carbonyl (C=O) groups excluding carboxylic acids is 1. The molecule has 0 rings (SSSR count). The van der Waals surface area contributed by atoms with Crippen LogP contribution in [0.3, 0.4) is 0 Å². The number of amides is 1. The van der Waals surface area contributed by atoms with Crippen molar-refractivity contribution < 1.29 is 32.9 Å². The van der Waals surface area contributed by atoms with E-state index in [4.69, 9.17) is 9.05 Å². The summed E-state index contributed by atoms with van der Waals surface area (Å²) >= 11 is 0. The lowest BCUT2D eigenvalue weighted by Crippen LogP contribution is -2.46. The second-order valence-corrected chi connectivity index (χ2v) is 25.9. The average molecular weight is 1090 g/mol. The summed E-state index contributed by atoms with van der Waals surface area (Å²) in [5.74, 6) is -0.158. The van der Waals surface area contributed by atoms with Gasteiger partial charge in [0.15, 0.2) is 0 Å². The van der Waals surface area contributed by atoms with Crippen molar-refractivity contribution in [2.24, 2.45) is 0 Å². The second kappa shape index (κ2) is 58.6. The molecule has 0 bridgehead atoms. The average Bonchev–Trinajstić information content (AvgIpc) is 3.38. The van der Waals surface area contributed by atoms with Crippen LogP contribution in [0.2, 0.25) is 0 Å². The Balaban J connectivity index is 4.00. The van der Waals surface area contributed by atoms with Crippen molar-refractivity contribution in [1.82, 2.24) is 5.32 Å². The van der Waals surface area contributed by atoms with Gasteiger partial charge in [-0.3, -0.25) is 9.36 Å². The fraction of sp³-hybridized carbons (Fsp3) is 0.925. The van der Waals surface area contributed by atoms with Gasteiger partial charge in [-0.2, -0.15) is 0 Å². The Bertz CT molecular complexity index is 1290. The molecule has 0 aliphatic rings. The summed E-state index contributed by atoms with van der Waals surface area (Å²) in [4.78, 5) is 25.6. The van der Waals surface area contributed by atoms with Crippen molar-refractivity contribution >= 4 is 13.7 Å². The van der Waals surface area contributed by atoms with E-state index in [-0.39, 0.29) is 19.1 Å². The van der Waals surface area contributed by atoms with E-state index in [0.29, 0.717) is 23.9 Å². The Labute approximate surface area is 474 Å². The lowest BCUT2D eigenvalue weighted by Gasteiger charge is -2.30. The third-order valence-corrected chi connectivity index (χ3v) is 16.7. The van der Waals surface area contributed by atoms with E-state index >= 15 is 0 Å². The largest absolute Gasteiger partial charge is 0.756 e.